The Labute approximate surface area is 168 Å². The van der Waals surface area contributed by atoms with Gasteiger partial charge >= 0.3 is 0 Å². The van der Waals surface area contributed by atoms with Crippen molar-refractivity contribution in [3.05, 3.63) is 78.0 Å². The highest BCUT2D eigenvalue weighted by Crippen LogP contribution is 2.34. The molecule has 5 rings (SSSR count). The van der Waals surface area contributed by atoms with Gasteiger partial charge in [-0.2, -0.15) is 5.10 Å². The van der Waals surface area contributed by atoms with Crippen molar-refractivity contribution in [2.45, 2.75) is 0 Å². The molecule has 3 aromatic carbocycles. The Morgan fingerprint density at radius 2 is 1.72 bits per heavy atom. The van der Waals surface area contributed by atoms with Gasteiger partial charge in [0.05, 0.1) is 17.6 Å². The first-order chi connectivity index (χ1) is 14.2. The highest BCUT2D eigenvalue weighted by atomic mass is 16.1. The summed E-state index contributed by atoms with van der Waals surface area (Å²) in [6.45, 7) is 0.489. The van der Waals surface area contributed by atoms with Crippen LogP contribution in [-0.4, -0.2) is 34.4 Å². The van der Waals surface area contributed by atoms with Gasteiger partial charge in [-0.3, -0.25) is 14.5 Å². The number of carbonyl (C=O) groups is 1. The number of aryl methyl sites for hydroxylation is 1. The molecule has 0 fully saturated rings. The Kier molecular flexibility index (Phi) is 4.11. The van der Waals surface area contributed by atoms with Crippen LogP contribution in [0.2, 0.25) is 0 Å². The zero-order valence-electron chi connectivity index (χ0n) is 16.1. The molecule has 0 atom stereocenters. The number of aromatic nitrogens is 2. The lowest BCUT2D eigenvalue weighted by molar-refractivity contribution is 0.1000. The second kappa shape index (κ2) is 6.79. The molecule has 0 spiro atoms. The zero-order chi connectivity index (χ0) is 20.0. The van der Waals surface area contributed by atoms with E-state index in [1.807, 2.05) is 48.3 Å². The van der Waals surface area contributed by atoms with Crippen LogP contribution in [0.1, 0.15) is 15.9 Å². The number of benzene rings is 3. The molecule has 5 nitrogen and oxygen atoms in total. The molecular formula is C24H20N4O. The fourth-order valence-electron chi connectivity index (χ4n) is 4.03. The second-order valence-electron chi connectivity index (χ2n) is 7.24. The van der Waals surface area contributed by atoms with Crippen molar-refractivity contribution in [2.24, 2.45) is 17.8 Å². The highest BCUT2D eigenvalue weighted by Gasteiger charge is 2.22. The maximum Gasteiger partial charge on any atom is 0.184 e. The van der Waals surface area contributed by atoms with Gasteiger partial charge in [0.25, 0.3) is 0 Å². The van der Waals surface area contributed by atoms with Crippen LogP contribution in [0.25, 0.3) is 33.2 Å². The quantitative estimate of drug-likeness (QED) is 0.587. The van der Waals surface area contributed by atoms with E-state index >= 15 is 0 Å². The molecule has 4 aromatic rings. The van der Waals surface area contributed by atoms with E-state index < -0.39 is 0 Å². The van der Waals surface area contributed by atoms with Gasteiger partial charge < -0.3 is 5.73 Å². The van der Waals surface area contributed by atoms with E-state index in [1.165, 1.54) is 10.8 Å². The Morgan fingerprint density at radius 3 is 2.55 bits per heavy atom. The molecule has 29 heavy (non-hydrogen) atoms. The first-order valence-corrected chi connectivity index (χ1v) is 9.58. The largest absolute Gasteiger partial charge is 0.325 e. The fourth-order valence-corrected chi connectivity index (χ4v) is 4.03. The minimum atomic E-state index is 0.0321. The third-order valence-electron chi connectivity index (χ3n) is 5.51. The Hall–Kier alpha value is -3.57. The van der Waals surface area contributed by atoms with E-state index in [4.69, 9.17) is 5.73 Å². The number of fused-ring (bicyclic) bond motifs is 2. The summed E-state index contributed by atoms with van der Waals surface area (Å²) in [5.41, 5.74) is 12.3. The lowest BCUT2D eigenvalue weighted by Gasteiger charge is -2.16. The molecule has 1 aliphatic heterocycles. The number of hydrogen-bond acceptors (Lipinski definition) is 4. The van der Waals surface area contributed by atoms with E-state index in [1.54, 1.807) is 0 Å². The van der Waals surface area contributed by atoms with E-state index in [0.717, 1.165) is 33.7 Å². The number of nitrogens with two attached hydrogens (primary N) is 1. The molecular weight excluding hydrogens is 360 g/mol. The Morgan fingerprint density at radius 1 is 0.931 bits per heavy atom. The van der Waals surface area contributed by atoms with E-state index in [0.29, 0.717) is 12.1 Å². The summed E-state index contributed by atoms with van der Waals surface area (Å²) in [5, 5.41) is 6.90. The van der Waals surface area contributed by atoms with Gasteiger partial charge in [-0.1, -0.05) is 48.5 Å². The molecule has 2 N–H and O–H groups in total. The third-order valence-corrected chi connectivity index (χ3v) is 5.51. The summed E-state index contributed by atoms with van der Waals surface area (Å²) in [6, 6.07) is 20.6. The second-order valence-corrected chi connectivity index (χ2v) is 7.24. The SMILES string of the molecule is Cn1ncc(-c2ccc3c(c2)C(CN)=NCC3=O)c1-c1ccc2ccccc2c1. The summed E-state index contributed by atoms with van der Waals surface area (Å²) in [7, 11) is 1.95. The van der Waals surface area contributed by atoms with Crippen molar-refractivity contribution in [3.8, 4) is 22.4 Å². The maximum absolute atomic E-state index is 12.2. The number of nitrogens with zero attached hydrogens (tertiary/aromatic N) is 3. The average Bonchev–Trinajstić information content (AvgIpc) is 3.15. The number of ketones is 1. The molecule has 2 heterocycles. The van der Waals surface area contributed by atoms with Crippen LogP contribution < -0.4 is 5.73 Å². The van der Waals surface area contributed by atoms with Crippen molar-refractivity contribution >= 4 is 22.3 Å². The van der Waals surface area contributed by atoms with Gasteiger partial charge in [-0.25, -0.2) is 0 Å². The van der Waals surface area contributed by atoms with Crippen LogP contribution in [0.5, 0.6) is 0 Å². The summed E-state index contributed by atoms with van der Waals surface area (Å²) < 4.78 is 1.89. The van der Waals surface area contributed by atoms with E-state index in [9.17, 15) is 4.79 Å². The van der Waals surface area contributed by atoms with Gasteiger partial charge in [-0.05, 0) is 28.5 Å². The maximum atomic E-state index is 12.2. The molecule has 0 radical (unpaired) electrons. The van der Waals surface area contributed by atoms with Gasteiger partial charge in [0.1, 0.15) is 6.54 Å². The van der Waals surface area contributed by atoms with Crippen LogP contribution in [0.4, 0.5) is 0 Å². The Bertz CT molecular complexity index is 1300. The number of carbonyl (C=O) groups excluding carboxylic acids is 1. The third kappa shape index (κ3) is 2.87. The van der Waals surface area contributed by atoms with Crippen LogP contribution in [0.3, 0.4) is 0 Å². The lowest BCUT2D eigenvalue weighted by Crippen LogP contribution is -2.24. The lowest BCUT2D eigenvalue weighted by atomic mass is 9.91. The summed E-state index contributed by atoms with van der Waals surface area (Å²) in [4.78, 5) is 16.6. The summed E-state index contributed by atoms with van der Waals surface area (Å²) in [5.74, 6) is 0.0321. The molecule has 1 aliphatic rings. The first kappa shape index (κ1) is 17.5. The summed E-state index contributed by atoms with van der Waals surface area (Å²) in [6.07, 6.45) is 1.87. The molecule has 0 saturated carbocycles. The van der Waals surface area contributed by atoms with E-state index in [2.05, 4.69) is 40.4 Å². The molecule has 0 amide bonds. The van der Waals surface area contributed by atoms with Gasteiger partial charge in [0.15, 0.2) is 5.78 Å². The highest BCUT2D eigenvalue weighted by molar-refractivity contribution is 6.16. The normalized spacial score (nSPS) is 13.4. The average molecular weight is 380 g/mol. The van der Waals surface area contributed by atoms with Crippen molar-refractivity contribution < 1.29 is 4.79 Å². The monoisotopic (exact) mass is 380 g/mol. The molecule has 0 bridgehead atoms. The van der Waals surface area contributed by atoms with Crippen LogP contribution in [0.15, 0.2) is 71.9 Å². The summed E-state index contributed by atoms with van der Waals surface area (Å²) >= 11 is 0. The Balaban J connectivity index is 1.67. The predicted molar refractivity (Wildman–Crippen MR) is 116 cm³/mol. The standard InChI is InChI=1S/C24H20N4O/c1-28-24(18-7-6-15-4-2-3-5-16(15)10-18)21(13-27-28)17-8-9-19-20(11-17)22(12-25)26-14-23(19)29/h2-11,13H,12,14,25H2,1H3. The smallest absolute Gasteiger partial charge is 0.184 e. The zero-order valence-corrected chi connectivity index (χ0v) is 16.1. The fraction of sp³-hybridized carbons (Fsp3) is 0.125. The van der Waals surface area contributed by atoms with Crippen LogP contribution >= 0.6 is 0 Å². The molecule has 142 valence electrons. The minimum absolute atomic E-state index is 0.0321. The van der Waals surface area contributed by atoms with Crippen molar-refractivity contribution in [3.63, 3.8) is 0 Å². The van der Waals surface area contributed by atoms with Crippen molar-refractivity contribution in [2.75, 3.05) is 13.1 Å². The van der Waals surface area contributed by atoms with Crippen LogP contribution in [0, 0.1) is 0 Å². The van der Waals surface area contributed by atoms with Gasteiger partial charge in [0, 0.05) is 35.8 Å². The molecule has 0 unspecified atom stereocenters. The molecule has 1 aromatic heterocycles. The number of Topliss-reactive ketones (excluding diaryl/α,β-unsaturated/α-hetero) is 1. The molecule has 0 aliphatic carbocycles. The van der Waals surface area contributed by atoms with E-state index in [-0.39, 0.29) is 12.3 Å². The van der Waals surface area contributed by atoms with Crippen LogP contribution in [-0.2, 0) is 7.05 Å². The number of hydrogen-bond donors (Lipinski definition) is 1. The minimum Gasteiger partial charge on any atom is -0.325 e. The molecule has 5 heteroatoms. The van der Waals surface area contributed by atoms with Gasteiger partial charge in [-0.15, -0.1) is 0 Å². The van der Waals surface area contributed by atoms with Crippen molar-refractivity contribution in [1.82, 2.24) is 9.78 Å². The molecule has 0 saturated heterocycles. The van der Waals surface area contributed by atoms with Crippen molar-refractivity contribution in [1.29, 1.82) is 0 Å². The van der Waals surface area contributed by atoms with Gasteiger partial charge in [0.2, 0.25) is 0 Å². The topological polar surface area (TPSA) is 73.3 Å². The number of rotatable bonds is 3. The number of aliphatic imine (C=N–C) groups is 1. The predicted octanol–water partition coefficient (Wildman–Crippen LogP) is 3.85. The first-order valence-electron chi connectivity index (χ1n) is 9.58.